The summed E-state index contributed by atoms with van der Waals surface area (Å²) >= 11 is 6.05. The van der Waals surface area contributed by atoms with Crippen molar-refractivity contribution in [1.29, 1.82) is 0 Å². The van der Waals surface area contributed by atoms with Crippen molar-refractivity contribution in [3.8, 4) is 0 Å². The molecule has 0 spiro atoms. The van der Waals surface area contributed by atoms with Crippen LogP contribution in [0.2, 0.25) is 5.02 Å². The lowest BCUT2D eigenvalue weighted by Gasteiger charge is -2.28. The van der Waals surface area contributed by atoms with Crippen LogP contribution < -0.4 is 16.0 Å². The third-order valence-corrected chi connectivity index (χ3v) is 4.97. The Hall–Kier alpha value is -1.30. The highest BCUT2D eigenvalue weighted by Gasteiger charge is 2.22. The van der Waals surface area contributed by atoms with Crippen molar-refractivity contribution in [2.75, 3.05) is 25.0 Å². The van der Waals surface area contributed by atoms with E-state index < -0.39 is 0 Å². The van der Waals surface area contributed by atoms with E-state index in [1.807, 2.05) is 6.92 Å². The number of carbonyl (C=O) groups excluding carboxylic acids is 2. The van der Waals surface area contributed by atoms with E-state index in [1.54, 1.807) is 18.2 Å². The summed E-state index contributed by atoms with van der Waals surface area (Å²) in [6.07, 6.45) is 3.52. The molecule has 0 radical (unpaired) electrons. The van der Waals surface area contributed by atoms with Crippen molar-refractivity contribution in [1.82, 2.24) is 10.6 Å². The number of nitrogens with one attached hydrogen (secondary N) is 3. The van der Waals surface area contributed by atoms with Gasteiger partial charge >= 0.3 is 0 Å². The summed E-state index contributed by atoms with van der Waals surface area (Å²) in [6, 6.07) is 4.95. The van der Waals surface area contributed by atoms with Crippen LogP contribution in [0, 0.1) is 11.8 Å². The van der Waals surface area contributed by atoms with Gasteiger partial charge in [0.25, 0.3) is 5.91 Å². The number of anilines is 1. The fraction of sp³-hybridized carbons (Fsp3) is 0.579. The van der Waals surface area contributed by atoms with Crippen LogP contribution >= 0.6 is 24.0 Å². The quantitative estimate of drug-likeness (QED) is 0.649. The molecule has 7 heteroatoms. The van der Waals surface area contributed by atoms with Gasteiger partial charge in [-0.3, -0.25) is 9.59 Å². The van der Waals surface area contributed by atoms with Crippen molar-refractivity contribution in [2.24, 2.45) is 11.8 Å². The monoisotopic (exact) mass is 401 g/mol. The largest absolute Gasteiger partial charge is 0.352 e. The standard InChI is InChI=1S/C19H28ClN3O2.ClH/c1-3-8-22-19(25)16-5-4-15(20)12-17(16)23-18(24)11-13(2)14-6-9-21-10-7-14;/h4-5,12-14,21H,3,6-11H2,1-2H3,(H,22,25)(H,23,24);1H. The zero-order valence-corrected chi connectivity index (χ0v) is 17.0. The average molecular weight is 402 g/mol. The molecule has 1 saturated heterocycles. The molecule has 1 aliphatic heterocycles. The summed E-state index contributed by atoms with van der Waals surface area (Å²) < 4.78 is 0. The number of hydrogen-bond acceptors (Lipinski definition) is 3. The zero-order valence-electron chi connectivity index (χ0n) is 15.4. The maximum atomic E-state index is 12.5. The van der Waals surface area contributed by atoms with E-state index in [0.717, 1.165) is 32.4 Å². The molecule has 2 amide bonds. The molecule has 1 atom stereocenters. The average Bonchev–Trinajstić information content (AvgIpc) is 2.60. The Kier molecular flexibility index (Phi) is 9.99. The molecule has 0 saturated carbocycles. The summed E-state index contributed by atoms with van der Waals surface area (Å²) in [5.41, 5.74) is 0.921. The van der Waals surface area contributed by atoms with Crippen LogP contribution in [0.4, 0.5) is 5.69 Å². The van der Waals surface area contributed by atoms with Crippen LogP contribution in [0.1, 0.15) is 49.9 Å². The van der Waals surface area contributed by atoms with Crippen molar-refractivity contribution >= 4 is 41.5 Å². The number of amides is 2. The lowest BCUT2D eigenvalue weighted by Crippen LogP contribution is -2.32. The molecule has 0 aliphatic carbocycles. The summed E-state index contributed by atoms with van der Waals surface area (Å²) in [5, 5.41) is 9.55. The molecule has 0 bridgehead atoms. The van der Waals surface area contributed by atoms with E-state index in [-0.39, 0.29) is 24.2 Å². The van der Waals surface area contributed by atoms with E-state index in [1.165, 1.54) is 0 Å². The summed E-state index contributed by atoms with van der Waals surface area (Å²) in [6.45, 7) is 6.76. The van der Waals surface area contributed by atoms with E-state index in [0.29, 0.717) is 41.1 Å². The van der Waals surface area contributed by atoms with Gasteiger partial charge in [-0.15, -0.1) is 12.4 Å². The van der Waals surface area contributed by atoms with Crippen molar-refractivity contribution in [3.63, 3.8) is 0 Å². The molecule has 2 rings (SSSR count). The third-order valence-electron chi connectivity index (χ3n) is 4.73. The molecule has 26 heavy (non-hydrogen) atoms. The van der Waals surface area contributed by atoms with Crippen LogP contribution in [0.5, 0.6) is 0 Å². The van der Waals surface area contributed by atoms with Crippen molar-refractivity contribution in [2.45, 2.75) is 39.5 Å². The van der Waals surface area contributed by atoms with Crippen LogP contribution in [0.15, 0.2) is 18.2 Å². The first kappa shape index (κ1) is 22.7. The van der Waals surface area contributed by atoms with Gasteiger partial charge in [0, 0.05) is 18.0 Å². The summed E-state index contributed by atoms with van der Waals surface area (Å²) in [7, 11) is 0. The summed E-state index contributed by atoms with van der Waals surface area (Å²) in [5.74, 6) is 0.621. The Balaban J connectivity index is 0.00000338. The van der Waals surface area contributed by atoms with Gasteiger partial charge in [0.15, 0.2) is 0 Å². The highest BCUT2D eigenvalue weighted by molar-refractivity contribution is 6.31. The second kappa shape index (κ2) is 11.4. The second-order valence-electron chi connectivity index (χ2n) is 6.76. The van der Waals surface area contributed by atoms with Crippen LogP contribution in [-0.4, -0.2) is 31.4 Å². The lowest BCUT2D eigenvalue weighted by atomic mass is 9.84. The third kappa shape index (κ3) is 6.78. The van der Waals surface area contributed by atoms with Gasteiger partial charge in [-0.05, 0) is 62.4 Å². The molecule has 1 unspecified atom stereocenters. The first-order valence-corrected chi connectivity index (χ1v) is 9.47. The maximum Gasteiger partial charge on any atom is 0.253 e. The van der Waals surface area contributed by atoms with E-state index >= 15 is 0 Å². The van der Waals surface area contributed by atoms with Gasteiger partial charge in [-0.1, -0.05) is 25.4 Å². The molecule has 1 aromatic rings. The molecular weight excluding hydrogens is 373 g/mol. The Morgan fingerprint density at radius 2 is 2.00 bits per heavy atom. The highest BCUT2D eigenvalue weighted by atomic mass is 35.5. The molecular formula is C19H29Cl2N3O2. The Morgan fingerprint density at radius 3 is 2.65 bits per heavy atom. The minimum atomic E-state index is -0.194. The van der Waals surface area contributed by atoms with Gasteiger partial charge in [0.05, 0.1) is 11.3 Å². The first-order chi connectivity index (χ1) is 12.0. The molecule has 1 fully saturated rings. The zero-order chi connectivity index (χ0) is 18.2. The highest BCUT2D eigenvalue weighted by Crippen LogP contribution is 2.26. The van der Waals surface area contributed by atoms with Crippen molar-refractivity contribution < 1.29 is 9.59 Å². The Bertz CT molecular complexity index is 604. The minimum absolute atomic E-state index is 0. The molecule has 1 aliphatic rings. The second-order valence-corrected chi connectivity index (χ2v) is 7.20. The predicted octanol–water partition coefficient (Wildman–Crippen LogP) is 3.87. The SMILES string of the molecule is CCCNC(=O)c1ccc(Cl)cc1NC(=O)CC(C)C1CCNCC1.Cl. The smallest absolute Gasteiger partial charge is 0.253 e. The number of halogens is 2. The van der Waals surface area contributed by atoms with Gasteiger partial charge in [-0.2, -0.15) is 0 Å². The Morgan fingerprint density at radius 1 is 1.31 bits per heavy atom. The number of benzene rings is 1. The number of hydrogen-bond donors (Lipinski definition) is 3. The van der Waals surface area contributed by atoms with Crippen molar-refractivity contribution in [3.05, 3.63) is 28.8 Å². The maximum absolute atomic E-state index is 12.5. The summed E-state index contributed by atoms with van der Waals surface area (Å²) in [4.78, 5) is 24.7. The fourth-order valence-corrected chi connectivity index (χ4v) is 3.40. The molecule has 146 valence electrons. The van der Waals surface area contributed by atoms with E-state index in [9.17, 15) is 9.59 Å². The Labute approximate surface area is 167 Å². The number of piperidine rings is 1. The van der Waals surface area contributed by atoms with Gasteiger partial charge in [-0.25, -0.2) is 0 Å². The molecule has 1 heterocycles. The molecule has 1 aromatic carbocycles. The van der Waals surface area contributed by atoms with Gasteiger partial charge in [0.1, 0.15) is 0 Å². The fourth-order valence-electron chi connectivity index (χ4n) is 3.23. The predicted molar refractivity (Wildman–Crippen MR) is 109 cm³/mol. The van der Waals surface area contributed by atoms with Crippen LogP contribution in [-0.2, 0) is 4.79 Å². The number of rotatable bonds is 7. The van der Waals surface area contributed by atoms with Crippen LogP contribution in [0.3, 0.4) is 0 Å². The molecule has 0 aromatic heterocycles. The molecule has 5 nitrogen and oxygen atoms in total. The first-order valence-electron chi connectivity index (χ1n) is 9.09. The van der Waals surface area contributed by atoms with E-state index in [4.69, 9.17) is 11.6 Å². The number of carbonyl (C=O) groups is 2. The van der Waals surface area contributed by atoms with Gasteiger partial charge in [0.2, 0.25) is 5.91 Å². The normalized spacial score (nSPS) is 15.7. The van der Waals surface area contributed by atoms with Crippen LogP contribution in [0.25, 0.3) is 0 Å². The van der Waals surface area contributed by atoms with Gasteiger partial charge < -0.3 is 16.0 Å². The lowest BCUT2D eigenvalue weighted by molar-refractivity contribution is -0.117. The topological polar surface area (TPSA) is 70.2 Å². The molecule has 3 N–H and O–H groups in total. The minimum Gasteiger partial charge on any atom is -0.352 e. The van der Waals surface area contributed by atoms with E-state index in [2.05, 4.69) is 22.9 Å².